The molecule has 1 unspecified atom stereocenters. The van der Waals surface area contributed by atoms with E-state index in [4.69, 9.17) is 0 Å². The third-order valence-corrected chi connectivity index (χ3v) is 7.08. The van der Waals surface area contributed by atoms with E-state index >= 15 is 0 Å². The van der Waals surface area contributed by atoms with Crippen molar-refractivity contribution in [2.45, 2.75) is 25.6 Å². The molecular weight excluding hydrogens is 424 g/mol. The molecule has 0 radical (unpaired) electrons. The van der Waals surface area contributed by atoms with Crippen LogP contribution in [-0.2, 0) is 19.5 Å². The maximum atomic E-state index is 12.8. The number of nitrogens with zero attached hydrogens (tertiary/aromatic N) is 3. The fraction of sp³-hybridized carbons (Fsp3) is 0.300. The molecule has 10 nitrogen and oxygen atoms in total. The van der Waals surface area contributed by atoms with Crippen LogP contribution in [0.25, 0.3) is 0 Å². The molecular formula is C20H18N4O6S. The minimum atomic E-state index is -1.14. The van der Waals surface area contributed by atoms with Gasteiger partial charge in [0.05, 0.1) is 12.1 Å². The average molecular weight is 442 g/mol. The number of aromatic hydroxyl groups is 1. The van der Waals surface area contributed by atoms with E-state index in [-0.39, 0.29) is 28.3 Å². The second kappa shape index (κ2) is 6.79. The van der Waals surface area contributed by atoms with Crippen molar-refractivity contribution in [3.63, 3.8) is 0 Å². The van der Waals surface area contributed by atoms with Gasteiger partial charge in [-0.1, -0.05) is 6.07 Å². The molecule has 2 aliphatic rings. The Balaban J connectivity index is 1.41. The Morgan fingerprint density at radius 2 is 1.94 bits per heavy atom. The summed E-state index contributed by atoms with van der Waals surface area (Å²) in [5, 5.41) is 20.1. The molecule has 31 heavy (non-hydrogen) atoms. The van der Waals surface area contributed by atoms with Crippen LogP contribution in [0.4, 0.5) is 5.00 Å². The summed E-state index contributed by atoms with van der Waals surface area (Å²) < 4.78 is 0.789. The first-order valence-corrected chi connectivity index (χ1v) is 10.4. The number of likely N-dealkylation sites (N-methyl/N-ethyl adjacent to an activating group) is 1. The fourth-order valence-corrected chi connectivity index (χ4v) is 5.50. The van der Waals surface area contributed by atoms with Gasteiger partial charge >= 0.3 is 17.1 Å². The first-order valence-electron chi connectivity index (χ1n) is 9.59. The fourth-order valence-electron chi connectivity index (χ4n) is 4.23. The molecule has 0 aliphatic carbocycles. The van der Waals surface area contributed by atoms with Crippen molar-refractivity contribution in [1.29, 1.82) is 0 Å². The van der Waals surface area contributed by atoms with Crippen molar-refractivity contribution in [3.8, 4) is 5.75 Å². The normalized spacial score (nSPS) is 18.4. The smallest absolute Gasteiger partial charge is 0.340 e. The number of nitrogens with one attached hydrogen (secondary N) is 1. The lowest BCUT2D eigenvalue weighted by Crippen LogP contribution is -2.45. The molecule has 0 fully saturated rings. The highest BCUT2D eigenvalue weighted by molar-refractivity contribution is 7.16. The van der Waals surface area contributed by atoms with Crippen molar-refractivity contribution < 1.29 is 19.8 Å². The number of rotatable bonds is 5. The van der Waals surface area contributed by atoms with Gasteiger partial charge in [-0.2, -0.15) is 4.68 Å². The second-order valence-electron chi connectivity index (χ2n) is 7.83. The lowest BCUT2D eigenvalue weighted by molar-refractivity contribution is 0.0678. The van der Waals surface area contributed by atoms with Gasteiger partial charge in [0.1, 0.15) is 10.8 Å². The molecule has 0 spiro atoms. The highest BCUT2D eigenvalue weighted by Gasteiger charge is 2.36. The summed E-state index contributed by atoms with van der Waals surface area (Å²) in [4.78, 5) is 51.9. The molecule has 160 valence electrons. The minimum absolute atomic E-state index is 0.0549. The van der Waals surface area contributed by atoms with E-state index < -0.39 is 17.1 Å². The molecule has 5 rings (SSSR count). The zero-order valence-electron chi connectivity index (χ0n) is 16.4. The number of fused-ring (bicyclic) bond motifs is 2. The number of carbonyl (C=O) groups excluding carboxylic acids is 1. The quantitative estimate of drug-likeness (QED) is 0.485. The van der Waals surface area contributed by atoms with Crippen molar-refractivity contribution in [2.24, 2.45) is 0 Å². The molecule has 2 aromatic heterocycles. The van der Waals surface area contributed by atoms with E-state index in [1.165, 1.54) is 11.3 Å². The number of phenols is 1. The summed E-state index contributed by atoms with van der Waals surface area (Å²) in [7, 11) is 1.91. The van der Waals surface area contributed by atoms with Crippen LogP contribution in [0.2, 0.25) is 0 Å². The maximum Gasteiger partial charge on any atom is 0.340 e. The first-order chi connectivity index (χ1) is 14.8. The van der Waals surface area contributed by atoms with Gasteiger partial charge in [-0.15, -0.1) is 11.3 Å². The van der Waals surface area contributed by atoms with E-state index in [1.54, 1.807) is 23.1 Å². The molecule has 0 saturated carbocycles. The van der Waals surface area contributed by atoms with Crippen LogP contribution >= 0.6 is 11.3 Å². The van der Waals surface area contributed by atoms with Gasteiger partial charge in [-0.25, -0.2) is 4.79 Å². The molecule has 3 aromatic rings. The maximum absolute atomic E-state index is 12.8. The molecule has 1 atom stereocenters. The predicted molar refractivity (Wildman–Crippen MR) is 111 cm³/mol. The van der Waals surface area contributed by atoms with Crippen LogP contribution in [0.1, 0.15) is 36.7 Å². The number of aromatic carboxylic acids is 1. The van der Waals surface area contributed by atoms with Gasteiger partial charge in [0.25, 0.3) is 5.91 Å². The zero-order chi connectivity index (χ0) is 22.0. The summed E-state index contributed by atoms with van der Waals surface area (Å²) >= 11 is 1.21. The predicted octanol–water partition coefficient (Wildman–Crippen LogP) is 0.437. The number of aromatic nitrogens is 1. The van der Waals surface area contributed by atoms with Gasteiger partial charge < -0.3 is 15.1 Å². The topological polar surface area (TPSA) is 132 Å². The largest absolute Gasteiger partial charge is 0.508 e. The van der Waals surface area contributed by atoms with Crippen molar-refractivity contribution in [3.05, 3.63) is 66.0 Å². The Labute approximate surface area is 179 Å². The van der Waals surface area contributed by atoms with Crippen molar-refractivity contribution >= 4 is 28.2 Å². The number of carbonyl (C=O) groups is 2. The second-order valence-corrected chi connectivity index (χ2v) is 8.94. The molecule has 1 amide bonds. The summed E-state index contributed by atoms with van der Waals surface area (Å²) in [5.41, 5.74) is 3.01. The molecule has 1 aromatic carbocycles. The lowest BCUT2D eigenvalue weighted by atomic mass is 9.96. The SMILES string of the molecule is CN1Cc2sc(Nn3c(=O)c3=O)c(C(=O)O)c2CC1CN1Cc2c(O)cccc2C1=O. The number of carboxylic acid groups (broad SMARTS) is 1. The Morgan fingerprint density at radius 1 is 1.19 bits per heavy atom. The number of amides is 1. The van der Waals surface area contributed by atoms with Gasteiger partial charge in [0.15, 0.2) is 0 Å². The Kier molecular flexibility index (Phi) is 4.27. The van der Waals surface area contributed by atoms with Crippen molar-refractivity contribution in [2.75, 3.05) is 19.0 Å². The van der Waals surface area contributed by atoms with Gasteiger partial charge in [-0.3, -0.25) is 24.7 Å². The number of anilines is 1. The molecule has 11 heteroatoms. The van der Waals surface area contributed by atoms with Crippen LogP contribution < -0.4 is 16.5 Å². The van der Waals surface area contributed by atoms with E-state index in [0.717, 1.165) is 9.55 Å². The number of hydrogen-bond donors (Lipinski definition) is 3. The third kappa shape index (κ3) is 3.04. The molecule has 4 heterocycles. The van der Waals surface area contributed by atoms with Crippen LogP contribution in [0.3, 0.4) is 0 Å². The molecule has 0 bridgehead atoms. The average Bonchev–Trinajstić information content (AvgIpc) is 3.03. The van der Waals surface area contributed by atoms with Gasteiger partial charge in [-0.05, 0) is 31.2 Å². The molecule has 0 saturated heterocycles. The third-order valence-electron chi connectivity index (χ3n) is 5.96. The van der Waals surface area contributed by atoms with Crippen LogP contribution in [-0.4, -0.2) is 56.2 Å². The van der Waals surface area contributed by atoms with Crippen LogP contribution in [0.5, 0.6) is 5.75 Å². The van der Waals surface area contributed by atoms with E-state index in [2.05, 4.69) is 10.3 Å². The van der Waals surface area contributed by atoms with Gasteiger partial charge in [0, 0.05) is 35.1 Å². The standard InChI is InChI=1S/C20H18N4O6S/c1-22-8-14-11(15(20(29)30)16(31-14)21-24-18(27)19(24)28)5-9(22)6-23-7-12-10(17(23)26)3-2-4-13(12)25/h2-4,9,21,25H,5-8H2,1H3,(H,29,30). The van der Waals surface area contributed by atoms with Crippen LogP contribution in [0.15, 0.2) is 27.8 Å². The van der Waals surface area contributed by atoms with E-state index in [0.29, 0.717) is 42.7 Å². The lowest BCUT2D eigenvalue weighted by Gasteiger charge is -2.35. The summed E-state index contributed by atoms with van der Waals surface area (Å²) in [6, 6.07) is 4.76. The highest BCUT2D eigenvalue weighted by Crippen LogP contribution is 2.39. The zero-order valence-corrected chi connectivity index (χ0v) is 17.2. The molecule has 3 N–H and O–H groups in total. The Morgan fingerprint density at radius 3 is 2.58 bits per heavy atom. The van der Waals surface area contributed by atoms with Crippen molar-refractivity contribution in [1.82, 2.24) is 14.5 Å². The molecule has 2 aliphatic heterocycles. The Bertz CT molecular complexity index is 1290. The van der Waals surface area contributed by atoms with Gasteiger partial charge in [0.2, 0.25) is 0 Å². The number of phenolic OH excluding ortho intramolecular Hbond substituents is 1. The summed E-state index contributed by atoms with van der Waals surface area (Å²) in [6.07, 6.45) is 0.402. The highest BCUT2D eigenvalue weighted by atomic mass is 32.1. The monoisotopic (exact) mass is 442 g/mol. The number of hydrogen-bond acceptors (Lipinski definition) is 8. The summed E-state index contributed by atoms with van der Waals surface area (Å²) in [6.45, 7) is 1.16. The first kappa shape index (κ1) is 19.5. The Hall–Kier alpha value is -3.44. The number of benzene rings is 1. The van der Waals surface area contributed by atoms with Crippen LogP contribution in [0, 0.1) is 0 Å². The van der Waals surface area contributed by atoms with E-state index in [9.17, 15) is 29.4 Å². The number of carboxylic acids is 1. The minimum Gasteiger partial charge on any atom is -0.508 e. The summed E-state index contributed by atoms with van der Waals surface area (Å²) in [5.74, 6) is -1.21. The van der Waals surface area contributed by atoms with E-state index in [1.807, 2.05) is 7.05 Å². The number of thiophene rings is 1.